The summed E-state index contributed by atoms with van der Waals surface area (Å²) in [6.45, 7) is 7.09. The summed E-state index contributed by atoms with van der Waals surface area (Å²) in [7, 11) is -4.13. The summed E-state index contributed by atoms with van der Waals surface area (Å²) in [5.74, 6) is 0.0636. The van der Waals surface area contributed by atoms with Crippen molar-refractivity contribution in [2.24, 2.45) is 18.9 Å². The Morgan fingerprint density at radius 2 is 1.91 bits per heavy atom. The zero-order chi connectivity index (χ0) is 31.6. The van der Waals surface area contributed by atoms with E-state index in [1.807, 2.05) is 0 Å². The van der Waals surface area contributed by atoms with Gasteiger partial charge in [-0.05, 0) is 31.7 Å². The molecule has 0 unspecified atom stereocenters. The number of pyridine rings is 1. The summed E-state index contributed by atoms with van der Waals surface area (Å²) in [4.78, 5) is 35.1. The number of hydrogen-bond donors (Lipinski definition) is 1. The first kappa shape index (κ1) is 32.2. The second-order valence-electron chi connectivity index (χ2n) is 10.9. The van der Waals surface area contributed by atoms with Gasteiger partial charge in [0.2, 0.25) is 11.6 Å². The molecule has 232 valence electrons. The molecule has 0 radical (unpaired) electrons. The fourth-order valence-electron chi connectivity index (χ4n) is 5.37. The van der Waals surface area contributed by atoms with E-state index in [9.17, 15) is 40.0 Å². The van der Waals surface area contributed by atoms with Crippen LogP contribution < -0.4 is 4.72 Å². The Kier molecular flexibility index (Phi) is 9.35. The molecule has 3 heterocycles. The van der Waals surface area contributed by atoms with Crippen LogP contribution in [-0.4, -0.2) is 59.2 Å². The first-order valence-electron chi connectivity index (χ1n) is 13.8. The minimum atomic E-state index is -5.87. The standard InChI is InChI=1S/C28H30F5N5O4S/c1-34-20-13-21-23(26(40)38-12-11-19(17-38)25(39)36-43(41,42)28(31,32)33)22(37(2)24(21)35-16-20)10-8-6-4-3-5-7-9-18-14-27(29,30)15-18/h13,16,18-19H,3-6,8,10-12,14-15,17H2,2H3,(H,36,39)/t19-/m0/s1. The fourth-order valence-corrected chi connectivity index (χ4v) is 5.92. The summed E-state index contributed by atoms with van der Waals surface area (Å²) in [5, 5.41) is 0.431. The van der Waals surface area contributed by atoms with Crippen LogP contribution in [0.4, 0.5) is 27.6 Å². The molecule has 1 aliphatic heterocycles. The highest BCUT2D eigenvalue weighted by Crippen LogP contribution is 2.41. The zero-order valence-electron chi connectivity index (χ0n) is 23.3. The maximum Gasteiger partial charge on any atom is 0.516 e. The topological polar surface area (TPSA) is 106 Å². The van der Waals surface area contributed by atoms with Crippen LogP contribution >= 0.6 is 0 Å². The number of carbonyl (C=O) groups excluding carboxylic acids is 2. The lowest BCUT2D eigenvalue weighted by Crippen LogP contribution is -2.43. The van der Waals surface area contributed by atoms with Gasteiger partial charge in [-0.3, -0.25) is 9.59 Å². The van der Waals surface area contributed by atoms with Gasteiger partial charge in [-0.1, -0.05) is 18.8 Å². The molecule has 43 heavy (non-hydrogen) atoms. The number of unbranched alkanes of at least 4 members (excludes halogenated alkanes) is 4. The van der Waals surface area contributed by atoms with Gasteiger partial charge in [-0.15, -0.1) is 5.92 Å². The third-order valence-electron chi connectivity index (χ3n) is 7.72. The Labute approximate surface area is 245 Å². The lowest BCUT2D eigenvalue weighted by molar-refractivity contribution is -0.123. The SMILES string of the molecule is [C-]#[N+]c1cnc2c(c1)c(C(=O)N1CC[C@H](C(=O)NS(=O)(=O)C(F)(F)F)C1)c(CCCCCCC#CC1CC(F)(F)C1)n2C. The molecule has 2 aromatic heterocycles. The van der Waals surface area contributed by atoms with Gasteiger partial charge in [0.25, 0.3) is 11.8 Å². The molecular weight excluding hydrogens is 597 g/mol. The van der Waals surface area contributed by atoms with Gasteiger partial charge < -0.3 is 9.47 Å². The van der Waals surface area contributed by atoms with Crippen molar-refractivity contribution < 1.29 is 40.0 Å². The predicted molar refractivity (Wildman–Crippen MR) is 146 cm³/mol. The van der Waals surface area contributed by atoms with Gasteiger partial charge >= 0.3 is 15.5 Å². The van der Waals surface area contributed by atoms with E-state index in [1.54, 1.807) is 17.7 Å². The number of likely N-dealkylation sites (tertiary alicyclic amines) is 1. The second-order valence-corrected chi connectivity index (χ2v) is 12.6. The van der Waals surface area contributed by atoms with Crippen LogP contribution in [0.15, 0.2) is 12.3 Å². The molecule has 1 N–H and O–H groups in total. The van der Waals surface area contributed by atoms with Crippen LogP contribution in [-0.2, 0) is 28.3 Å². The molecule has 4 rings (SSSR count). The largest absolute Gasteiger partial charge is 0.516 e. The average molecular weight is 628 g/mol. The molecule has 2 aliphatic rings. The molecule has 1 saturated heterocycles. The highest BCUT2D eigenvalue weighted by molar-refractivity contribution is 7.90. The smallest absolute Gasteiger partial charge is 0.338 e. The van der Waals surface area contributed by atoms with Crippen molar-refractivity contribution in [2.75, 3.05) is 13.1 Å². The number of fused-ring (bicyclic) bond motifs is 1. The highest BCUT2D eigenvalue weighted by Gasteiger charge is 2.48. The number of rotatable bonds is 9. The summed E-state index contributed by atoms with van der Waals surface area (Å²) in [6, 6.07) is 1.54. The number of aryl methyl sites for hydroxylation is 1. The summed E-state index contributed by atoms with van der Waals surface area (Å²) in [6.07, 6.45) is 5.23. The van der Waals surface area contributed by atoms with Crippen molar-refractivity contribution in [3.63, 3.8) is 0 Å². The van der Waals surface area contributed by atoms with Crippen molar-refractivity contribution in [3.05, 3.63) is 34.9 Å². The zero-order valence-corrected chi connectivity index (χ0v) is 24.1. The van der Waals surface area contributed by atoms with Crippen molar-refractivity contribution in [3.8, 4) is 11.8 Å². The van der Waals surface area contributed by atoms with Crippen molar-refractivity contribution in [2.45, 2.75) is 69.2 Å². The summed E-state index contributed by atoms with van der Waals surface area (Å²) >= 11 is 0. The molecule has 15 heteroatoms. The quantitative estimate of drug-likeness (QED) is 0.181. The number of aromatic nitrogens is 2. The Morgan fingerprint density at radius 3 is 2.56 bits per heavy atom. The van der Waals surface area contributed by atoms with Crippen LogP contribution in [0.3, 0.4) is 0 Å². The lowest BCUT2D eigenvalue weighted by Gasteiger charge is -2.31. The van der Waals surface area contributed by atoms with E-state index in [0.29, 0.717) is 36.0 Å². The first-order chi connectivity index (χ1) is 20.1. The molecule has 2 aromatic rings. The van der Waals surface area contributed by atoms with Gasteiger partial charge in [0.1, 0.15) is 5.65 Å². The Morgan fingerprint density at radius 1 is 1.21 bits per heavy atom. The third kappa shape index (κ3) is 7.26. The number of alkyl halides is 5. The second kappa shape index (κ2) is 12.5. The minimum absolute atomic E-state index is 0.0221. The lowest BCUT2D eigenvalue weighted by atomic mass is 9.82. The molecule has 2 amide bonds. The number of carbonyl (C=O) groups is 2. The Bertz CT molecular complexity index is 1610. The number of hydrogen-bond acceptors (Lipinski definition) is 5. The van der Waals surface area contributed by atoms with Crippen LogP contribution in [0.5, 0.6) is 0 Å². The van der Waals surface area contributed by atoms with E-state index in [1.165, 1.54) is 11.1 Å². The maximum atomic E-state index is 13.8. The van der Waals surface area contributed by atoms with Crippen molar-refractivity contribution in [1.29, 1.82) is 0 Å². The Hall–Kier alpha value is -3.72. The van der Waals surface area contributed by atoms with Crippen LogP contribution in [0.25, 0.3) is 15.9 Å². The number of sulfonamides is 1. The van der Waals surface area contributed by atoms with Crippen LogP contribution in [0.1, 0.15) is 67.4 Å². The minimum Gasteiger partial charge on any atom is -0.338 e. The van der Waals surface area contributed by atoms with Gasteiger partial charge in [-0.2, -0.15) is 21.6 Å². The van der Waals surface area contributed by atoms with Crippen LogP contribution in [0, 0.1) is 30.2 Å². The molecule has 1 aliphatic carbocycles. The third-order valence-corrected chi connectivity index (χ3v) is 8.80. The van der Waals surface area contributed by atoms with E-state index in [2.05, 4.69) is 21.7 Å². The summed E-state index contributed by atoms with van der Waals surface area (Å²) < 4.78 is 89.5. The summed E-state index contributed by atoms with van der Waals surface area (Å²) in [5.41, 5.74) is -4.05. The molecule has 1 saturated carbocycles. The Balaban J connectivity index is 1.42. The monoisotopic (exact) mass is 627 g/mol. The van der Waals surface area contributed by atoms with Crippen molar-refractivity contribution in [1.82, 2.24) is 19.2 Å². The van der Waals surface area contributed by atoms with E-state index >= 15 is 0 Å². The van der Waals surface area contributed by atoms with E-state index in [4.69, 9.17) is 6.57 Å². The molecular formula is C28H30F5N5O4S. The first-order valence-corrected chi connectivity index (χ1v) is 15.2. The predicted octanol–water partition coefficient (Wildman–Crippen LogP) is 5.09. The van der Waals surface area contributed by atoms with Crippen LogP contribution in [0.2, 0.25) is 0 Å². The fraction of sp³-hybridized carbons (Fsp3) is 0.571. The van der Waals surface area contributed by atoms with Gasteiger partial charge in [0.15, 0.2) is 0 Å². The number of nitrogens with one attached hydrogen (secondary N) is 1. The molecule has 0 aromatic carbocycles. The van der Waals surface area contributed by atoms with E-state index in [-0.39, 0.29) is 49.5 Å². The maximum absolute atomic E-state index is 13.8. The molecule has 1 atom stereocenters. The molecule has 9 nitrogen and oxygen atoms in total. The van der Waals surface area contributed by atoms with Crippen molar-refractivity contribution >= 4 is 38.6 Å². The molecule has 2 fully saturated rings. The van der Waals surface area contributed by atoms with Gasteiger partial charge in [0.05, 0.1) is 18.1 Å². The van der Waals surface area contributed by atoms with Gasteiger partial charge in [-0.25, -0.2) is 23.3 Å². The number of halogens is 5. The van der Waals surface area contributed by atoms with Gasteiger partial charge in [0, 0.05) is 62.6 Å². The van der Waals surface area contributed by atoms with E-state index < -0.39 is 39.2 Å². The number of amides is 2. The normalized spacial score (nSPS) is 18.5. The average Bonchev–Trinajstić information content (AvgIpc) is 3.51. The highest BCUT2D eigenvalue weighted by atomic mass is 32.2. The number of nitrogens with zero attached hydrogens (tertiary/aromatic N) is 4. The molecule has 0 bridgehead atoms. The van der Waals surface area contributed by atoms with E-state index in [0.717, 1.165) is 24.0 Å². The molecule has 0 spiro atoms.